The Bertz CT molecular complexity index is 1250. The standard InChI is InChI=1S/C24H25ClN6O3/c1-15(14-30-9-8-20(28-30)17-6-7-18(13-26)19(25)11-17)27-24(33)21-12-22(16(2)32)31(29-21)23-5-3-4-10-34-23/h6-9,11-12,15,23H,3-5,10,14H2,1-2H3,(H,27,33). The van der Waals surface area contributed by atoms with Crippen molar-refractivity contribution in [2.45, 2.75) is 51.9 Å². The SMILES string of the molecule is CC(=O)c1cc(C(=O)NC(C)Cn2ccc(-c3ccc(C#N)c(Cl)c3)n2)nn1C1CCCCO1. The van der Waals surface area contributed by atoms with Gasteiger partial charge in [0.2, 0.25) is 0 Å². The number of halogens is 1. The first kappa shape index (κ1) is 23.7. The molecule has 1 amide bonds. The second kappa shape index (κ2) is 10.2. The summed E-state index contributed by atoms with van der Waals surface area (Å²) < 4.78 is 9.00. The molecular formula is C24H25ClN6O3. The minimum atomic E-state index is -0.365. The Morgan fingerprint density at radius 2 is 2.12 bits per heavy atom. The Hall–Kier alpha value is -3.48. The summed E-state index contributed by atoms with van der Waals surface area (Å²) in [6, 6.07) is 10.3. The summed E-state index contributed by atoms with van der Waals surface area (Å²) in [5, 5.41) is 21.2. The summed E-state index contributed by atoms with van der Waals surface area (Å²) in [5.41, 5.74) is 2.46. The van der Waals surface area contributed by atoms with E-state index in [1.807, 2.05) is 25.3 Å². The number of amides is 1. The van der Waals surface area contributed by atoms with Crippen molar-refractivity contribution in [3.05, 3.63) is 58.5 Å². The van der Waals surface area contributed by atoms with Crippen molar-refractivity contribution in [1.29, 1.82) is 5.26 Å². The average Bonchev–Trinajstić information content (AvgIpc) is 3.47. The molecule has 0 spiro atoms. The summed E-state index contributed by atoms with van der Waals surface area (Å²) >= 11 is 6.13. The number of nitrogens with zero attached hydrogens (tertiary/aromatic N) is 5. The number of hydrogen-bond acceptors (Lipinski definition) is 6. The second-order valence-corrected chi connectivity index (χ2v) is 8.75. The third-order valence-electron chi connectivity index (χ3n) is 5.62. The first-order valence-electron chi connectivity index (χ1n) is 11.1. The molecule has 9 nitrogen and oxygen atoms in total. The molecular weight excluding hydrogens is 456 g/mol. The fourth-order valence-electron chi connectivity index (χ4n) is 3.91. The van der Waals surface area contributed by atoms with Crippen LogP contribution in [0.4, 0.5) is 0 Å². The number of carbonyl (C=O) groups is 2. The largest absolute Gasteiger partial charge is 0.356 e. The van der Waals surface area contributed by atoms with Gasteiger partial charge in [-0.05, 0) is 44.4 Å². The summed E-state index contributed by atoms with van der Waals surface area (Å²) in [6.45, 7) is 4.37. The summed E-state index contributed by atoms with van der Waals surface area (Å²) in [4.78, 5) is 24.9. The number of nitrogens with one attached hydrogen (secondary N) is 1. The number of hydrogen-bond donors (Lipinski definition) is 1. The third kappa shape index (κ3) is 5.19. The van der Waals surface area contributed by atoms with E-state index < -0.39 is 0 Å². The van der Waals surface area contributed by atoms with E-state index in [0.717, 1.165) is 24.8 Å². The van der Waals surface area contributed by atoms with E-state index in [2.05, 4.69) is 15.5 Å². The maximum absolute atomic E-state index is 12.8. The molecule has 3 aromatic rings. The predicted molar refractivity (Wildman–Crippen MR) is 125 cm³/mol. The van der Waals surface area contributed by atoms with Crippen LogP contribution in [0, 0.1) is 11.3 Å². The Morgan fingerprint density at radius 1 is 1.29 bits per heavy atom. The number of ketones is 1. The average molecular weight is 481 g/mol. The van der Waals surface area contributed by atoms with Crippen molar-refractivity contribution in [3.8, 4) is 17.3 Å². The molecule has 2 aromatic heterocycles. The van der Waals surface area contributed by atoms with E-state index in [0.29, 0.717) is 35.1 Å². The lowest BCUT2D eigenvalue weighted by molar-refractivity contribution is -0.0406. The van der Waals surface area contributed by atoms with Crippen LogP contribution < -0.4 is 5.32 Å². The number of Topliss-reactive ketones (excluding diaryl/α,β-unsaturated/α-hetero) is 1. The zero-order valence-electron chi connectivity index (χ0n) is 19.0. The van der Waals surface area contributed by atoms with Crippen molar-refractivity contribution in [2.24, 2.45) is 0 Å². The van der Waals surface area contributed by atoms with Gasteiger partial charge in [0, 0.05) is 37.4 Å². The molecule has 2 unspecified atom stereocenters. The summed E-state index contributed by atoms with van der Waals surface area (Å²) in [5.74, 6) is -0.531. The highest BCUT2D eigenvalue weighted by atomic mass is 35.5. The molecule has 1 aliphatic heterocycles. The van der Waals surface area contributed by atoms with Crippen LogP contribution in [-0.4, -0.2) is 43.9 Å². The van der Waals surface area contributed by atoms with E-state index in [4.69, 9.17) is 21.6 Å². The molecule has 3 heterocycles. The topological polar surface area (TPSA) is 115 Å². The van der Waals surface area contributed by atoms with Crippen molar-refractivity contribution in [2.75, 3.05) is 6.61 Å². The highest BCUT2D eigenvalue weighted by Gasteiger charge is 2.25. The molecule has 0 radical (unpaired) electrons. The van der Waals surface area contributed by atoms with E-state index >= 15 is 0 Å². The minimum Gasteiger partial charge on any atom is -0.356 e. The highest BCUT2D eigenvalue weighted by Crippen LogP contribution is 2.25. The second-order valence-electron chi connectivity index (χ2n) is 8.34. The van der Waals surface area contributed by atoms with Crippen molar-refractivity contribution >= 4 is 23.3 Å². The number of carbonyl (C=O) groups excluding carboxylic acids is 2. The van der Waals surface area contributed by atoms with Crippen LogP contribution in [0.5, 0.6) is 0 Å². The first-order valence-corrected chi connectivity index (χ1v) is 11.5. The molecule has 176 valence electrons. The van der Waals surface area contributed by atoms with Crippen molar-refractivity contribution in [1.82, 2.24) is 24.9 Å². The molecule has 1 aromatic carbocycles. The van der Waals surface area contributed by atoms with Crippen LogP contribution in [-0.2, 0) is 11.3 Å². The Morgan fingerprint density at radius 3 is 2.79 bits per heavy atom. The lowest BCUT2D eigenvalue weighted by atomic mass is 10.1. The van der Waals surface area contributed by atoms with Gasteiger partial charge in [0.05, 0.1) is 22.8 Å². The van der Waals surface area contributed by atoms with E-state index in [-0.39, 0.29) is 29.7 Å². The van der Waals surface area contributed by atoms with E-state index in [1.54, 1.807) is 22.9 Å². The Balaban J connectivity index is 1.42. The molecule has 0 aliphatic carbocycles. The number of rotatable bonds is 7. The van der Waals surface area contributed by atoms with Crippen molar-refractivity contribution < 1.29 is 14.3 Å². The number of ether oxygens (including phenoxy) is 1. The zero-order chi connectivity index (χ0) is 24.2. The van der Waals surface area contributed by atoms with Gasteiger partial charge in [-0.3, -0.25) is 14.3 Å². The maximum atomic E-state index is 12.8. The lowest BCUT2D eigenvalue weighted by Gasteiger charge is -2.24. The molecule has 1 N–H and O–H groups in total. The molecule has 10 heteroatoms. The molecule has 0 saturated carbocycles. The van der Waals surface area contributed by atoms with Crippen LogP contribution in [0.15, 0.2) is 36.5 Å². The number of aromatic nitrogens is 4. The normalized spacial score (nSPS) is 16.6. The fraction of sp³-hybridized carbons (Fsp3) is 0.375. The van der Waals surface area contributed by atoms with Gasteiger partial charge in [0.25, 0.3) is 5.91 Å². The van der Waals surface area contributed by atoms with Crippen LogP contribution in [0.1, 0.15) is 65.9 Å². The van der Waals surface area contributed by atoms with Crippen LogP contribution in [0.3, 0.4) is 0 Å². The summed E-state index contributed by atoms with van der Waals surface area (Å²) in [6.07, 6.45) is 4.20. The Labute approximate surface area is 202 Å². The molecule has 34 heavy (non-hydrogen) atoms. The quantitative estimate of drug-likeness (QED) is 0.511. The minimum absolute atomic E-state index is 0.166. The monoisotopic (exact) mass is 480 g/mol. The van der Waals surface area contributed by atoms with Gasteiger partial charge in [0.1, 0.15) is 11.8 Å². The molecule has 2 atom stereocenters. The van der Waals surface area contributed by atoms with Gasteiger partial charge in [-0.25, -0.2) is 4.68 Å². The maximum Gasteiger partial charge on any atom is 0.272 e. The lowest BCUT2D eigenvalue weighted by Crippen LogP contribution is -2.36. The van der Waals surface area contributed by atoms with Gasteiger partial charge in [-0.1, -0.05) is 17.7 Å². The van der Waals surface area contributed by atoms with Gasteiger partial charge in [-0.15, -0.1) is 0 Å². The van der Waals surface area contributed by atoms with Crippen LogP contribution in [0.2, 0.25) is 5.02 Å². The molecule has 0 bridgehead atoms. The predicted octanol–water partition coefficient (Wildman–Crippen LogP) is 3.99. The van der Waals surface area contributed by atoms with Gasteiger partial charge in [-0.2, -0.15) is 15.5 Å². The molecule has 1 aliphatic rings. The summed E-state index contributed by atoms with van der Waals surface area (Å²) in [7, 11) is 0. The van der Waals surface area contributed by atoms with E-state index in [9.17, 15) is 9.59 Å². The number of nitriles is 1. The fourth-order valence-corrected chi connectivity index (χ4v) is 4.13. The van der Waals surface area contributed by atoms with Crippen LogP contribution >= 0.6 is 11.6 Å². The third-order valence-corrected chi connectivity index (χ3v) is 5.93. The molecule has 1 saturated heterocycles. The first-order chi connectivity index (χ1) is 16.4. The highest BCUT2D eigenvalue weighted by molar-refractivity contribution is 6.32. The Kier molecular flexibility index (Phi) is 7.10. The van der Waals surface area contributed by atoms with Gasteiger partial charge in [0.15, 0.2) is 17.7 Å². The molecule has 1 fully saturated rings. The van der Waals surface area contributed by atoms with E-state index in [1.165, 1.54) is 17.7 Å². The molecule has 4 rings (SSSR count). The zero-order valence-corrected chi connectivity index (χ0v) is 19.7. The smallest absolute Gasteiger partial charge is 0.272 e. The van der Waals surface area contributed by atoms with Gasteiger partial charge < -0.3 is 10.1 Å². The van der Waals surface area contributed by atoms with Crippen LogP contribution in [0.25, 0.3) is 11.3 Å². The van der Waals surface area contributed by atoms with Gasteiger partial charge >= 0.3 is 0 Å². The number of benzene rings is 1. The van der Waals surface area contributed by atoms with Crippen molar-refractivity contribution in [3.63, 3.8) is 0 Å².